The number of halogens is 1. The van der Waals surface area contributed by atoms with Gasteiger partial charge in [0.15, 0.2) is 5.82 Å². The molecule has 7 nitrogen and oxygen atoms in total. The maximum absolute atomic E-state index is 13.5. The Kier molecular flexibility index (Phi) is 5.87. The van der Waals surface area contributed by atoms with E-state index in [1.54, 1.807) is 31.0 Å². The van der Waals surface area contributed by atoms with Gasteiger partial charge in [-0.15, -0.1) is 0 Å². The van der Waals surface area contributed by atoms with Crippen LogP contribution >= 0.6 is 11.6 Å². The van der Waals surface area contributed by atoms with E-state index in [9.17, 15) is 4.79 Å². The second-order valence-corrected chi connectivity index (χ2v) is 8.01. The van der Waals surface area contributed by atoms with Gasteiger partial charge in [0.25, 0.3) is 5.91 Å². The van der Waals surface area contributed by atoms with Crippen molar-refractivity contribution < 1.29 is 14.3 Å². The maximum Gasteiger partial charge on any atom is 0.274 e. The van der Waals surface area contributed by atoms with E-state index < -0.39 is 0 Å². The van der Waals surface area contributed by atoms with Gasteiger partial charge in [-0.1, -0.05) is 11.6 Å². The lowest BCUT2D eigenvalue weighted by atomic mass is 10.0. The Bertz CT molecular complexity index is 1130. The van der Waals surface area contributed by atoms with Gasteiger partial charge < -0.3 is 14.4 Å². The maximum atomic E-state index is 13.5. The Morgan fingerprint density at radius 2 is 1.94 bits per heavy atom. The fourth-order valence-electron chi connectivity index (χ4n) is 4.12. The minimum atomic E-state index is -0.200. The van der Waals surface area contributed by atoms with Crippen LogP contribution in [0.2, 0.25) is 5.02 Å². The molecule has 0 bridgehead atoms. The number of aromatic nitrogens is 3. The number of carbonyl (C=O) groups is 1. The number of aryl methyl sites for hydroxylation is 2. The van der Waals surface area contributed by atoms with E-state index in [2.05, 4.69) is 10.1 Å². The molecule has 0 spiro atoms. The minimum Gasteiger partial charge on any atom is -0.497 e. The first-order valence-electron chi connectivity index (χ1n) is 10.2. The molecule has 0 aliphatic carbocycles. The number of likely N-dealkylation sites (tertiary alicyclic amines) is 1. The zero-order valence-corrected chi connectivity index (χ0v) is 18.8. The molecular weight excluding hydrogens is 416 g/mol. The molecular formula is C23H25ClN4O3. The highest BCUT2D eigenvalue weighted by molar-refractivity contribution is 6.33. The molecule has 3 aromatic rings. The van der Waals surface area contributed by atoms with Crippen LogP contribution in [0.3, 0.4) is 0 Å². The van der Waals surface area contributed by atoms with E-state index in [1.807, 2.05) is 43.0 Å². The van der Waals surface area contributed by atoms with Crippen molar-refractivity contribution in [2.24, 2.45) is 0 Å². The molecule has 8 heteroatoms. The lowest BCUT2D eigenvalue weighted by Gasteiger charge is -2.26. The van der Waals surface area contributed by atoms with Crippen LogP contribution in [0.25, 0.3) is 5.82 Å². The first kappa shape index (κ1) is 21.2. The van der Waals surface area contributed by atoms with Gasteiger partial charge in [0.2, 0.25) is 0 Å². The Hall–Kier alpha value is -3.06. The second-order valence-electron chi connectivity index (χ2n) is 7.60. The lowest BCUT2D eigenvalue weighted by Crippen LogP contribution is -2.32. The van der Waals surface area contributed by atoms with Crippen LogP contribution in [0.1, 0.15) is 46.3 Å². The van der Waals surface area contributed by atoms with E-state index in [-0.39, 0.29) is 17.6 Å². The molecule has 1 atom stereocenters. The van der Waals surface area contributed by atoms with Gasteiger partial charge in [0.05, 0.1) is 31.0 Å². The van der Waals surface area contributed by atoms with Crippen LogP contribution in [-0.2, 0) is 0 Å². The zero-order valence-electron chi connectivity index (χ0n) is 18.1. The number of benzene rings is 1. The molecule has 0 radical (unpaired) electrons. The molecule has 1 aliphatic heterocycles. The highest BCUT2D eigenvalue weighted by Gasteiger charge is 2.34. The molecule has 0 N–H and O–H groups in total. The molecule has 3 heterocycles. The number of nitrogens with zero attached hydrogens (tertiary/aromatic N) is 4. The SMILES string of the molecule is COc1ccc(C2CCCN2C(=O)c2nc(-n3nc(C)cc3C)ccc2Cl)c(OC)c1. The third-order valence-corrected chi connectivity index (χ3v) is 5.88. The van der Waals surface area contributed by atoms with Gasteiger partial charge in [-0.2, -0.15) is 5.10 Å². The number of hydrogen-bond donors (Lipinski definition) is 0. The number of pyridine rings is 1. The largest absolute Gasteiger partial charge is 0.497 e. The van der Waals surface area contributed by atoms with E-state index in [1.165, 1.54) is 0 Å². The summed E-state index contributed by atoms with van der Waals surface area (Å²) >= 11 is 6.41. The summed E-state index contributed by atoms with van der Waals surface area (Å²) in [7, 11) is 3.24. The third kappa shape index (κ3) is 3.97. The third-order valence-electron chi connectivity index (χ3n) is 5.57. The molecule has 0 saturated carbocycles. The van der Waals surface area contributed by atoms with Crippen molar-refractivity contribution in [2.75, 3.05) is 20.8 Å². The quantitative estimate of drug-likeness (QED) is 0.582. The van der Waals surface area contributed by atoms with Crippen molar-refractivity contribution in [1.82, 2.24) is 19.7 Å². The summed E-state index contributed by atoms with van der Waals surface area (Å²) in [5.41, 5.74) is 2.99. The summed E-state index contributed by atoms with van der Waals surface area (Å²) in [4.78, 5) is 19.9. The first-order chi connectivity index (χ1) is 14.9. The standard InChI is InChI=1S/C23H25ClN4O3/c1-14-12-15(2)28(26-14)21-10-9-18(24)22(25-21)23(29)27-11-5-6-19(27)17-8-7-16(30-3)13-20(17)31-4/h7-10,12-13,19H,5-6,11H2,1-4H3. The van der Waals surface area contributed by atoms with Crippen LogP contribution in [0, 0.1) is 13.8 Å². The predicted octanol–water partition coefficient (Wildman–Crippen LogP) is 4.53. The average molecular weight is 441 g/mol. The molecule has 162 valence electrons. The second kappa shape index (κ2) is 8.59. The molecule has 31 heavy (non-hydrogen) atoms. The number of rotatable bonds is 5. The van der Waals surface area contributed by atoms with Crippen molar-refractivity contribution in [3.8, 4) is 17.3 Å². The number of amides is 1. The summed E-state index contributed by atoms with van der Waals surface area (Å²) < 4.78 is 12.6. The number of hydrogen-bond acceptors (Lipinski definition) is 5. The lowest BCUT2D eigenvalue weighted by molar-refractivity contribution is 0.0728. The minimum absolute atomic E-state index is 0.122. The topological polar surface area (TPSA) is 69.5 Å². The van der Waals surface area contributed by atoms with Gasteiger partial charge in [-0.05, 0) is 57.0 Å². The molecule has 1 saturated heterocycles. The first-order valence-corrected chi connectivity index (χ1v) is 10.5. The molecule has 1 unspecified atom stereocenters. The average Bonchev–Trinajstić information content (AvgIpc) is 3.39. The van der Waals surface area contributed by atoms with Crippen LogP contribution in [-0.4, -0.2) is 46.3 Å². The summed E-state index contributed by atoms with van der Waals surface area (Å²) in [6.45, 7) is 4.49. The van der Waals surface area contributed by atoms with E-state index in [0.717, 1.165) is 29.8 Å². The van der Waals surface area contributed by atoms with Crippen molar-refractivity contribution in [1.29, 1.82) is 0 Å². The Labute approximate surface area is 186 Å². The summed E-state index contributed by atoms with van der Waals surface area (Å²) in [6.07, 6.45) is 1.73. The Morgan fingerprint density at radius 3 is 2.61 bits per heavy atom. The summed E-state index contributed by atoms with van der Waals surface area (Å²) in [6, 6.07) is 11.0. The molecule has 4 rings (SSSR count). The van der Waals surface area contributed by atoms with Crippen LogP contribution in [0.5, 0.6) is 11.5 Å². The smallest absolute Gasteiger partial charge is 0.274 e. The van der Waals surface area contributed by atoms with Gasteiger partial charge in [0.1, 0.15) is 17.2 Å². The highest BCUT2D eigenvalue weighted by atomic mass is 35.5. The van der Waals surface area contributed by atoms with Crippen LogP contribution in [0.15, 0.2) is 36.4 Å². The summed E-state index contributed by atoms with van der Waals surface area (Å²) in [5.74, 6) is 1.77. The number of methoxy groups -OCH3 is 2. The van der Waals surface area contributed by atoms with E-state index >= 15 is 0 Å². The number of ether oxygens (including phenoxy) is 2. The van der Waals surface area contributed by atoms with Gasteiger partial charge in [-0.3, -0.25) is 4.79 Å². The molecule has 1 aliphatic rings. The molecule has 1 aromatic carbocycles. The Morgan fingerprint density at radius 1 is 1.13 bits per heavy atom. The van der Waals surface area contributed by atoms with Gasteiger partial charge in [0, 0.05) is 23.9 Å². The number of carbonyl (C=O) groups excluding carboxylic acids is 1. The van der Waals surface area contributed by atoms with Crippen molar-refractivity contribution in [3.63, 3.8) is 0 Å². The van der Waals surface area contributed by atoms with Gasteiger partial charge >= 0.3 is 0 Å². The molecule has 1 fully saturated rings. The van der Waals surface area contributed by atoms with Crippen LogP contribution in [0.4, 0.5) is 0 Å². The van der Waals surface area contributed by atoms with Crippen molar-refractivity contribution >= 4 is 17.5 Å². The van der Waals surface area contributed by atoms with Crippen molar-refractivity contribution in [3.05, 3.63) is 64.1 Å². The van der Waals surface area contributed by atoms with Gasteiger partial charge in [-0.25, -0.2) is 9.67 Å². The van der Waals surface area contributed by atoms with Crippen LogP contribution < -0.4 is 9.47 Å². The predicted molar refractivity (Wildman–Crippen MR) is 118 cm³/mol. The fourth-order valence-corrected chi connectivity index (χ4v) is 4.31. The summed E-state index contributed by atoms with van der Waals surface area (Å²) in [5, 5.41) is 4.79. The Balaban J connectivity index is 1.69. The monoisotopic (exact) mass is 440 g/mol. The zero-order chi connectivity index (χ0) is 22.1. The molecule has 1 amide bonds. The normalized spacial score (nSPS) is 15.9. The fraction of sp³-hybridized carbons (Fsp3) is 0.348. The van der Waals surface area contributed by atoms with E-state index in [0.29, 0.717) is 28.9 Å². The van der Waals surface area contributed by atoms with Crippen molar-refractivity contribution in [2.45, 2.75) is 32.7 Å². The highest BCUT2D eigenvalue weighted by Crippen LogP contribution is 2.39. The van der Waals surface area contributed by atoms with E-state index in [4.69, 9.17) is 21.1 Å². The molecule has 2 aromatic heterocycles.